The first-order valence-electron chi connectivity index (χ1n) is 4.98. The average Bonchev–Trinajstić information content (AvgIpc) is 2.29. The monoisotopic (exact) mass is 233 g/mol. The second-order valence-electron chi connectivity index (χ2n) is 3.71. The molecular weight excluding hydrogens is 222 g/mol. The number of nitrogens with one attached hydrogen (secondary N) is 1. The van der Waals surface area contributed by atoms with Gasteiger partial charge < -0.3 is 5.11 Å². The Morgan fingerprint density at radius 3 is 2.71 bits per heavy atom. The number of pyridine rings is 1. The van der Waals surface area contributed by atoms with Gasteiger partial charge in [0, 0.05) is 6.20 Å². The molecule has 0 fully saturated rings. The van der Waals surface area contributed by atoms with E-state index in [0.29, 0.717) is 5.69 Å². The van der Waals surface area contributed by atoms with Crippen molar-refractivity contribution in [1.82, 2.24) is 14.5 Å². The molecule has 88 valence electrons. The lowest BCUT2D eigenvalue weighted by Gasteiger charge is -2.10. The summed E-state index contributed by atoms with van der Waals surface area (Å²) in [5.41, 5.74) is 0.0190. The first-order chi connectivity index (χ1) is 8.02. The summed E-state index contributed by atoms with van der Waals surface area (Å²) < 4.78 is 1.03. The van der Waals surface area contributed by atoms with Crippen molar-refractivity contribution in [2.75, 3.05) is 0 Å². The largest absolute Gasteiger partial charge is 0.494 e. The van der Waals surface area contributed by atoms with Gasteiger partial charge in [-0.05, 0) is 25.5 Å². The highest BCUT2D eigenvalue weighted by Gasteiger charge is 2.13. The zero-order valence-corrected chi connectivity index (χ0v) is 9.39. The van der Waals surface area contributed by atoms with Crippen LogP contribution >= 0.6 is 0 Å². The summed E-state index contributed by atoms with van der Waals surface area (Å²) in [6, 6.07) is 1.71. The predicted molar refractivity (Wildman–Crippen MR) is 61.6 cm³/mol. The van der Waals surface area contributed by atoms with Crippen molar-refractivity contribution in [2.45, 2.75) is 13.8 Å². The lowest BCUT2D eigenvalue weighted by Crippen LogP contribution is -2.30. The SMILES string of the molecule is Cc1ccncc1-n1c(O)c(C)c(=O)[nH]c1=O. The number of aromatic nitrogens is 3. The van der Waals surface area contributed by atoms with Gasteiger partial charge in [0.25, 0.3) is 5.56 Å². The van der Waals surface area contributed by atoms with E-state index in [-0.39, 0.29) is 11.4 Å². The van der Waals surface area contributed by atoms with E-state index in [0.717, 1.165) is 10.1 Å². The number of rotatable bonds is 1. The summed E-state index contributed by atoms with van der Waals surface area (Å²) in [7, 11) is 0. The summed E-state index contributed by atoms with van der Waals surface area (Å²) in [6.45, 7) is 3.22. The van der Waals surface area contributed by atoms with Crippen LogP contribution in [0.1, 0.15) is 11.1 Å². The molecule has 0 aliphatic rings. The first kappa shape index (κ1) is 11.1. The molecule has 0 spiro atoms. The van der Waals surface area contributed by atoms with Crippen molar-refractivity contribution in [2.24, 2.45) is 0 Å². The number of hydrogen-bond donors (Lipinski definition) is 2. The van der Waals surface area contributed by atoms with E-state index in [9.17, 15) is 14.7 Å². The fourth-order valence-corrected chi connectivity index (χ4v) is 1.53. The molecule has 0 aliphatic carbocycles. The number of hydrogen-bond acceptors (Lipinski definition) is 4. The van der Waals surface area contributed by atoms with E-state index in [1.54, 1.807) is 19.2 Å². The second kappa shape index (κ2) is 3.89. The molecule has 0 saturated carbocycles. The van der Waals surface area contributed by atoms with E-state index < -0.39 is 11.2 Å². The molecule has 6 heteroatoms. The Morgan fingerprint density at radius 1 is 1.35 bits per heavy atom. The minimum Gasteiger partial charge on any atom is -0.494 e. The van der Waals surface area contributed by atoms with Crippen LogP contribution < -0.4 is 11.2 Å². The zero-order chi connectivity index (χ0) is 12.6. The van der Waals surface area contributed by atoms with Gasteiger partial charge in [0.1, 0.15) is 0 Å². The van der Waals surface area contributed by atoms with Crippen LogP contribution in [0.4, 0.5) is 0 Å². The van der Waals surface area contributed by atoms with Gasteiger partial charge in [-0.1, -0.05) is 0 Å². The van der Waals surface area contributed by atoms with Crippen LogP contribution in [0.2, 0.25) is 0 Å². The molecule has 0 aromatic carbocycles. The number of nitrogens with zero attached hydrogens (tertiary/aromatic N) is 2. The lowest BCUT2D eigenvalue weighted by atomic mass is 10.2. The number of aromatic hydroxyl groups is 1. The van der Waals surface area contributed by atoms with Crippen molar-refractivity contribution in [3.63, 3.8) is 0 Å². The Morgan fingerprint density at radius 2 is 2.06 bits per heavy atom. The molecule has 2 aromatic rings. The molecule has 0 radical (unpaired) electrons. The van der Waals surface area contributed by atoms with Crippen LogP contribution in [0.3, 0.4) is 0 Å². The maximum absolute atomic E-state index is 11.7. The van der Waals surface area contributed by atoms with Gasteiger partial charge in [0.15, 0.2) is 0 Å². The van der Waals surface area contributed by atoms with Crippen molar-refractivity contribution in [3.05, 3.63) is 50.4 Å². The minimum absolute atomic E-state index is 0.0906. The summed E-state index contributed by atoms with van der Waals surface area (Å²) in [5, 5.41) is 9.85. The molecule has 0 saturated heterocycles. The zero-order valence-electron chi connectivity index (χ0n) is 9.39. The Bertz CT molecular complexity index is 685. The second-order valence-corrected chi connectivity index (χ2v) is 3.71. The van der Waals surface area contributed by atoms with Crippen LogP contribution in [0.5, 0.6) is 5.88 Å². The van der Waals surface area contributed by atoms with E-state index >= 15 is 0 Å². The molecule has 0 amide bonds. The van der Waals surface area contributed by atoms with E-state index in [4.69, 9.17) is 0 Å². The van der Waals surface area contributed by atoms with Gasteiger partial charge in [-0.3, -0.25) is 14.8 Å². The van der Waals surface area contributed by atoms with Crippen LogP contribution in [0.15, 0.2) is 28.0 Å². The summed E-state index contributed by atoms with van der Waals surface area (Å²) in [6.07, 6.45) is 3.04. The topological polar surface area (TPSA) is 88.0 Å². The van der Waals surface area contributed by atoms with E-state index in [2.05, 4.69) is 9.97 Å². The third kappa shape index (κ3) is 1.73. The first-order valence-corrected chi connectivity index (χ1v) is 4.98. The Kier molecular flexibility index (Phi) is 2.55. The van der Waals surface area contributed by atoms with Crippen molar-refractivity contribution in [3.8, 4) is 11.6 Å². The highest BCUT2D eigenvalue weighted by Crippen LogP contribution is 2.17. The molecule has 2 aromatic heterocycles. The molecule has 2 heterocycles. The molecule has 2 N–H and O–H groups in total. The van der Waals surface area contributed by atoms with E-state index in [1.165, 1.54) is 13.1 Å². The molecule has 0 aliphatic heterocycles. The van der Waals surface area contributed by atoms with Crippen molar-refractivity contribution in [1.29, 1.82) is 0 Å². The van der Waals surface area contributed by atoms with Gasteiger partial charge in [-0.2, -0.15) is 0 Å². The van der Waals surface area contributed by atoms with Crippen LogP contribution in [0, 0.1) is 13.8 Å². The summed E-state index contributed by atoms with van der Waals surface area (Å²) >= 11 is 0. The smallest absolute Gasteiger partial charge is 0.335 e. The molecule has 2 rings (SSSR count). The third-order valence-electron chi connectivity index (χ3n) is 2.56. The molecule has 0 unspecified atom stereocenters. The normalized spacial score (nSPS) is 10.5. The van der Waals surface area contributed by atoms with Crippen molar-refractivity contribution < 1.29 is 5.11 Å². The fraction of sp³-hybridized carbons (Fsp3) is 0.182. The van der Waals surface area contributed by atoms with Crippen LogP contribution in [-0.4, -0.2) is 19.6 Å². The van der Waals surface area contributed by atoms with E-state index in [1.807, 2.05) is 0 Å². The average molecular weight is 233 g/mol. The summed E-state index contributed by atoms with van der Waals surface area (Å²) in [4.78, 5) is 29.0. The van der Waals surface area contributed by atoms with Crippen LogP contribution in [-0.2, 0) is 0 Å². The standard InChI is InChI=1S/C11H11N3O3/c1-6-3-4-12-5-8(6)14-10(16)7(2)9(15)13-11(14)17/h3-5,16H,1-2H3,(H,13,15,17). The fourth-order valence-electron chi connectivity index (χ4n) is 1.53. The lowest BCUT2D eigenvalue weighted by molar-refractivity contribution is 0.425. The molecule has 6 nitrogen and oxygen atoms in total. The van der Waals surface area contributed by atoms with Crippen LogP contribution in [0.25, 0.3) is 5.69 Å². The summed E-state index contributed by atoms with van der Waals surface area (Å²) in [5.74, 6) is -0.366. The Hall–Kier alpha value is -2.37. The van der Waals surface area contributed by atoms with Gasteiger partial charge >= 0.3 is 5.69 Å². The minimum atomic E-state index is -0.686. The molecule has 0 atom stereocenters. The van der Waals surface area contributed by atoms with Gasteiger partial charge in [-0.25, -0.2) is 9.36 Å². The molecular formula is C11H11N3O3. The van der Waals surface area contributed by atoms with Gasteiger partial charge in [-0.15, -0.1) is 0 Å². The highest BCUT2D eigenvalue weighted by molar-refractivity contribution is 5.41. The molecule has 17 heavy (non-hydrogen) atoms. The van der Waals surface area contributed by atoms with Crippen molar-refractivity contribution >= 4 is 0 Å². The number of aryl methyl sites for hydroxylation is 1. The third-order valence-corrected chi connectivity index (χ3v) is 2.56. The number of aromatic amines is 1. The highest BCUT2D eigenvalue weighted by atomic mass is 16.3. The Labute approximate surface area is 96.2 Å². The Balaban J connectivity index is 2.87. The maximum atomic E-state index is 11.7. The maximum Gasteiger partial charge on any atom is 0.335 e. The van der Waals surface area contributed by atoms with Gasteiger partial charge in [0.2, 0.25) is 5.88 Å². The van der Waals surface area contributed by atoms with Gasteiger partial charge in [0.05, 0.1) is 17.4 Å². The predicted octanol–water partition coefficient (Wildman–Crippen LogP) is 0.243. The number of H-pyrrole nitrogens is 1. The molecule has 0 bridgehead atoms. The quantitative estimate of drug-likeness (QED) is 0.738.